The van der Waals surface area contributed by atoms with Crippen molar-refractivity contribution >= 4 is 18.0 Å². The van der Waals surface area contributed by atoms with Gasteiger partial charge in [-0.25, -0.2) is 0 Å². The van der Waals surface area contributed by atoms with Crippen LogP contribution in [0.1, 0.15) is 50.7 Å². The summed E-state index contributed by atoms with van der Waals surface area (Å²) in [5.41, 5.74) is 2.92. The molecule has 2 aliphatic rings. The fraction of sp³-hybridized carbons (Fsp3) is 0.714. The van der Waals surface area contributed by atoms with Crippen molar-refractivity contribution in [2.45, 2.75) is 65.1 Å². The maximum atomic E-state index is 12.9. The van der Waals surface area contributed by atoms with Crippen LogP contribution in [0.15, 0.2) is 18.2 Å². The molecule has 2 saturated heterocycles. The van der Waals surface area contributed by atoms with Gasteiger partial charge in [0.1, 0.15) is 0 Å². The minimum atomic E-state index is -0.00646. The van der Waals surface area contributed by atoms with Gasteiger partial charge in [-0.05, 0) is 70.4 Å². The largest absolute Gasteiger partial charge is 0.379 e. The highest BCUT2D eigenvalue weighted by atomic mass is 16.5. The Labute approximate surface area is 217 Å². The van der Waals surface area contributed by atoms with Crippen molar-refractivity contribution in [3.63, 3.8) is 0 Å². The molecule has 202 valence electrons. The lowest BCUT2D eigenvalue weighted by atomic mass is 9.98. The Bertz CT molecular complexity index is 821. The lowest BCUT2D eigenvalue weighted by Crippen LogP contribution is -2.53. The van der Waals surface area contributed by atoms with Gasteiger partial charge in [0.05, 0.1) is 19.1 Å². The van der Waals surface area contributed by atoms with E-state index in [2.05, 4.69) is 34.3 Å². The maximum absolute atomic E-state index is 12.9. The van der Waals surface area contributed by atoms with Crippen molar-refractivity contribution in [1.29, 1.82) is 0 Å². The van der Waals surface area contributed by atoms with Gasteiger partial charge in [0.25, 0.3) is 0 Å². The number of carbonyl (C=O) groups excluding carboxylic acids is 2. The van der Waals surface area contributed by atoms with E-state index in [4.69, 9.17) is 4.74 Å². The van der Waals surface area contributed by atoms with Crippen molar-refractivity contribution in [1.82, 2.24) is 20.0 Å². The van der Waals surface area contributed by atoms with E-state index in [1.54, 1.807) is 0 Å². The summed E-state index contributed by atoms with van der Waals surface area (Å²) in [6, 6.07) is 6.77. The van der Waals surface area contributed by atoms with Crippen LogP contribution in [0.4, 0.5) is 5.69 Å². The third-order valence-electron chi connectivity index (χ3n) is 7.84. The molecule has 2 N–H and O–H groups in total. The average molecular weight is 502 g/mol. The van der Waals surface area contributed by atoms with Crippen molar-refractivity contribution in [3.05, 3.63) is 29.3 Å². The number of benzene rings is 1. The first-order valence-corrected chi connectivity index (χ1v) is 13.7. The van der Waals surface area contributed by atoms with Gasteiger partial charge in [-0.3, -0.25) is 14.5 Å². The third-order valence-corrected chi connectivity index (χ3v) is 7.84. The molecule has 2 amide bonds. The lowest BCUT2D eigenvalue weighted by Gasteiger charge is -2.38. The highest BCUT2D eigenvalue weighted by Crippen LogP contribution is 2.25. The Kier molecular flexibility index (Phi) is 11.6. The first-order chi connectivity index (χ1) is 17.4. The van der Waals surface area contributed by atoms with Gasteiger partial charge >= 0.3 is 0 Å². The molecule has 2 fully saturated rings. The number of aryl methyl sites for hydroxylation is 1. The summed E-state index contributed by atoms with van der Waals surface area (Å²) in [5.74, 6) is 0.0521. The number of nitrogens with zero attached hydrogens (tertiary/aromatic N) is 3. The first-order valence-electron chi connectivity index (χ1n) is 13.7. The number of rotatable bonds is 15. The van der Waals surface area contributed by atoms with Crippen molar-refractivity contribution in [2.75, 3.05) is 64.8 Å². The number of ether oxygens (including phenoxy) is 1. The van der Waals surface area contributed by atoms with Crippen molar-refractivity contribution in [2.24, 2.45) is 5.92 Å². The molecule has 0 saturated carbocycles. The SMILES string of the molecule is CCCC(C)N(C=O)Cc1c(C)cccc1NC(=O)C1CN(CCOCCN2CCC(NC)CC2)C1. The number of nitrogens with one attached hydrogen (secondary N) is 2. The van der Waals surface area contributed by atoms with Crippen molar-refractivity contribution in [3.8, 4) is 0 Å². The Hall–Kier alpha value is -2.00. The van der Waals surface area contributed by atoms with Gasteiger partial charge in [-0.2, -0.15) is 0 Å². The van der Waals surface area contributed by atoms with Crippen LogP contribution in [-0.4, -0.2) is 98.6 Å². The molecule has 1 unspecified atom stereocenters. The molecular weight excluding hydrogens is 454 g/mol. The Balaban J connectivity index is 1.37. The summed E-state index contributed by atoms with van der Waals surface area (Å²) in [7, 11) is 2.05. The van der Waals surface area contributed by atoms with Crippen LogP contribution in [0, 0.1) is 12.8 Å². The van der Waals surface area contributed by atoms with Gasteiger partial charge in [0, 0.05) is 50.5 Å². The van der Waals surface area contributed by atoms with Crippen LogP contribution < -0.4 is 10.6 Å². The van der Waals surface area contributed by atoms with Crippen LogP contribution >= 0.6 is 0 Å². The molecular formula is C28H47N5O3. The fourth-order valence-electron chi connectivity index (χ4n) is 5.18. The highest BCUT2D eigenvalue weighted by molar-refractivity contribution is 5.94. The Morgan fingerprint density at radius 2 is 1.89 bits per heavy atom. The van der Waals surface area contributed by atoms with Crippen LogP contribution in [-0.2, 0) is 20.9 Å². The van der Waals surface area contributed by atoms with E-state index in [9.17, 15) is 9.59 Å². The van der Waals surface area contributed by atoms with Gasteiger partial charge < -0.3 is 25.2 Å². The van der Waals surface area contributed by atoms with Gasteiger partial charge in [-0.1, -0.05) is 25.5 Å². The van der Waals surface area contributed by atoms with E-state index in [1.807, 2.05) is 37.1 Å². The molecule has 1 aromatic rings. The second-order valence-electron chi connectivity index (χ2n) is 10.5. The van der Waals surface area contributed by atoms with Crippen LogP contribution in [0.3, 0.4) is 0 Å². The molecule has 0 spiro atoms. The topological polar surface area (TPSA) is 77.2 Å². The third kappa shape index (κ3) is 8.26. The molecule has 1 aromatic carbocycles. The maximum Gasteiger partial charge on any atom is 0.230 e. The number of hydrogen-bond donors (Lipinski definition) is 2. The monoisotopic (exact) mass is 501 g/mol. The zero-order valence-corrected chi connectivity index (χ0v) is 22.8. The number of piperidine rings is 1. The first kappa shape index (κ1) is 28.6. The van der Waals surface area contributed by atoms with Crippen LogP contribution in [0.25, 0.3) is 0 Å². The fourth-order valence-corrected chi connectivity index (χ4v) is 5.18. The van der Waals surface area contributed by atoms with E-state index in [0.717, 1.165) is 81.9 Å². The molecule has 0 aromatic heterocycles. The molecule has 0 radical (unpaired) electrons. The molecule has 0 aliphatic carbocycles. The predicted octanol–water partition coefficient (Wildman–Crippen LogP) is 2.71. The van der Waals surface area contributed by atoms with Crippen LogP contribution in [0.5, 0.6) is 0 Å². The number of likely N-dealkylation sites (tertiary alicyclic amines) is 2. The lowest BCUT2D eigenvalue weighted by molar-refractivity contribution is -0.125. The summed E-state index contributed by atoms with van der Waals surface area (Å²) >= 11 is 0. The second kappa shape index (κ2) is 14.7. The molecule has 8 heteroatoms. The zero-order valence-electron chi connectivity index (χ0n) is 22.8. The van der Waals surface area contributed by atoms with E-state index in [0.29, 0.717) is 19.2 Å². The molecule has 3 rings (SSSR count). The summed E-state index contributed by atoms with van der Waals surface area (Å²) in [5, 5.41) is 6.51. The molecule has 2 heterocycles. The summed E-state index contributed by atoms with van der Waals surface area (Å²) < 4.78 is 5.87. The Morgan fingerprint density at radius 1 is 1.19 bits per heavy atom. The highest BCUT2D eigenvalue weighted by Gasteiger charge is 2.32. The predicted molar refractivity (Wildman–Crippen MR) is 145 cm³/mol. The smallest absolute Gasteiger partial charge is 0.230 e. The van der Waals surface area contributed by atoms with Gasteiger partial charge in [0.15, 0.2) is 0 Å². The number of anilines is 1. The average Bonchev–Trinajstić information content (AvgIpc) is 2.85. The van der Waals surface area contributed by atoms with E-state index in [1.165, 1.54) is 12.8 Å². The van der Waals surface area contributed by atoms with E-state index >= 15 is 0 Å². The van der Waals surface area contributed by atoms with E-state index < -0.39 is 0 Å². The van der Waals surface area contributed by atoms with Gasteiger partial charge in [-0.15, -0.1) is 0 Å². The number of carbonyl (C=O) groups is 2. The minimum absolute atomic E-state index is 0.00646. The van der Waals surface area contributed by atoms with E-state index in [-0.39, 0.29) is 17.9 Å². The van der Waals surface area contributed by atoms with Crippen molar-refractivity contribution < 1.29 is 14.3 Å². The summed E-state index contributed by atoms with van der Waals surface area (Å²) in [6.07, 6.45) is 5.34. The molecule has 0 bridgehead atoms. The number of amides is 2. The zero-order chi connectivity index (χ0) is 25.9. The quantitative estimate of drug-likeness (QED) is 0.284. The van der Waals surface area contributed by atoms with Gasteiger partial charge in [0.2, 0.25) is 12.3 Å². The normalized spacial score (nSPS) is 18.6. The Morgan fingerprint density at radius 3 is 2.53 bits per heavy atom. The van der Waals surface area contributed by atoms with Crippen LogP contribution in [0.2, 0.25) is 0 Å². The minimum Gasteiger partial charge on any atom is -0.379 e. The molecule has 1 atom stereocenters. The standard InChI is InChI=1S/C28H47N5O3/c1-5-7-23(3)33(21-34)20-26-22(2)8-6-9-27(26)30-28(35)24-18-32(19-24)15-17-36-16-14-31-12-10-25(29-4)11-13-31/h6,8-9,21,23-25,29H,5,7,10-20H2,1-4H3,(H,30,35). The second-order valence-corrected chi connectivity index (χ2v) is 10.5. The summed E-state index contributed by atoms with van der Waals surface area (Å²) in [4.78, 5) is 31.2. The molecule has 8 nitrogen and oxygen atoms in total. The number of hydrogen-bond acceptors (Lipinski definition) is 6. The molecule has 2 aliphatic heterocycles. The summed E-state index contributed by atoms with van der Waals surface area (Å²) in [6.45, 7) is 13.9. The molecule has 36 heavy (non-hydrogen) atoms.